The molecule has 11 heteroatoms. The number of benzene rings is 1. The number of unbranched alkanes of at least 4 members (excludes halogenated alkanes) is 1. The molecule has 1 aliphatic heterocycles. The number of hydrogen-bond donors (Lipinski definition) is 6. The van der Waals surface area contributed by atoms with E-state index < -0.39 is 6.04 Å². The van der Waals surface area contributed by atoms with Gasteiger partial charge in [0.1, 0.15) is 11.6 Å². The number of esters is 1. The van der Waals surface area contributed by atoms with Crippen LogP contribution in [0.15, 0.2) is 36.4 Å². The molecule has 0 aliphatic carbocycles. The van der Waals surface area contributed by atoms with Crippen LogP contribution in [0.1, 0.15) is 32.1 Å². The van der Waals surface area contributed by atoms with E-state index in [4.69, 9.17) is 33.4 Å². The Morgan fingerprint density at radius 1 is 1.03 bits per heavy atom. The lowest BCUT2D eigenvalue weighted by Crippen LogP contribution is -2.35. The lowest BCUT2D eigenvalue weighted by atomic mass is 10.1. The van der Waals surface area contributed by atoms with E-state index in [1.54, 1.807) is 30.3 Å². The second-order valence-electron chi connectivity index (χ2n) is 8.05. The van der Waals surface area contributed by atoms with Crippen LogP contribution in [0.4, 0.5) is 23.0 Å². The molecule has 2 aromatic rings. The normalized spacial score (nSPS) is 14.1. The fourth-order valence-electron chi connectivity index (χ4n) is 3.27. The van der Waals surface area contributed by atoms with E-state index in [1.807, 2.05) is 6.07 Å². The number of nitrogen functional groups attached to an aromatic ring is 3. The molecular weight excluding hydrogens is 436 g/mol. The Bertz CT molecular complexity index is 934. The molecule has 1 unspecified atom stereocenters. The van der Waals surface area contributed by atoms with E-state index in [-0.39, 0.29) is 17.7 Å². The number of amides is 1. The first-order valence-electron chi connectivity index (χ1n) is 11.4. The molecule has 0 bridgehead atoms. The summed E-state index contributed by atoms with van der Waals surface area (Å²) in [6, 6.07) is 9.63. The number of ether oxygens (including phenoxy) is 1. The molecule has 11 nitrogen and oxygen atoms in total. The summed E-state index contributed by atoms with van der Waals surface area (Å²) in [5.41, 5.74) is 28.7. The van der Waals surface area contributed by atoms with E-state index in [1.165, 1.54) is 12.8 Å². The predicted octanol–water partition coefficient (Wildman–Crippen LogP) is 0.911. The number of nitrogens with one attached hydrogen (secondary N) is 1. The molecule has 186 valence electrons. The first kappa shape index (κ1) is 26.8. The lowest BCUT2D eigenvalue weighted by Gasteiger charge is -2.13. The van der Waals surface area contributed by atoms with Crippen molar-refractivity contribution < 1.29 is 14.3 Å². The van der Waals surface area contributed by atoms with Crippen LogP contribution in [0.5, 0.6) is 5.75 Å². The van der Waals surface area contributed by atoms with Crippen molar-refractivity contribution in [3.8, 4) is 5.75 Å². The minimum absolute atomic E-state index is 0.185. The van der Waals surface area contributed by atoms with Gasteiger partial charge in [-0.2, -0.15) is 0 Å². The van der Waals surface area contributed by atoms with E-state index in [2.05, 4.69) is 15.2 Å². The van der Waals surface area contributed by atoms with Crippen molar-refractivity contribution in [2.45, 2.75) is 38.1 Å². The van der Waals surface area contributed by atoms with Gasteiger partial charge in [-0.15, -0.1) is 0 Å². The third kappa shape index (κ3) is 9.22. The molecule has 11 N–H and O–H groups in total. The number of carbonyl (C=O) groups excluding carboxylic acids is 2. The van der Waals surface area contributed by atoms with Gasteiger partial charge in [-0.05, 0) is 69.6 Å². The topological polar surface area (TPSA) is 202 Å². The van der Waals surface area contributed by atoms with Crippen LogP contribution in [0.25, 0.3) is 0 Å². The third-order valence-electron chi connectivity index (χ3n) is 5.21. The molecule has 1 aliphatic rings. The van der Waals surface area contributed by atoms with Gasteiger partial charge in [0.25, 0.3) is 0 Å². The van der Waals surface area contributed by atoms with Crippen molar-refractivity contribution in [1.82, 2.24) is 9.88 Å². The summed E-state index contributed by atoms with van der Waals surface area (Å²) in [5, 5.41) is 2.59. The van der Waals surface area contributed by atoms with Crippen molar-refractivity contribution in [3.05, 3.63) is 36.4 Å². The number of rotatable bonds is 9. The molecule has 1 aromatic carbocycles. The summed E-state index contributed by atoms with van der Waals surface area (Å²) >= 11 is 0. The molecule has 0 saturated carbocycles. The number of pyridine rings is 1. The van der Waals surface area contributed by atoms with Crippen LogP contribution in [0, 0.1) is 0 Å². The largest absolute Gasteiger partial charge is 0.423 e. The number of anilines is 4. The van der Waals surface area contributed by atoms with Gasteiger partial charge in [0.2, 0.25) is 5.91 Å². The molecule has 34 heavy (non-hydrogen) atoms. The van der Waals surface area contributed by atoms with Crippen LogP contribution in [-0.4, -0.2) is 54.0 Å². The van der Waals surface area contributed by atoms with Crippen LogP contribution in [-0.2, 0) is 9.59 Å². The summed E-state index contributed by atoms with van der Waals surface area (Å²) in [7, 11) is 0. The standard InChI is InChI=1S/C12H16N2O2.C11H20N6O/c13-10-5-1-2-6-11(10)16-12(15)9-14-7-3-4-8-14;12-6-2-1-3-8(14)11(18)17-9-5-4-7(13)10(15)16-9/h1-2,5-6H,3-4,7-9,13H2;4-5,8H,1-3,6,12-14H2,(H3,15,16,17,18). The molecule has 1 fully saturated rings. The highest BCUT2D eigenvalue weighted by molar-refractivity contribution is 5.94. The van der Waals surface area contributed by atoms with Crippen LogP contribution >= 0.6 is 0 Å². The maximum absolute atomic E-state index is 11.7. The maximum Gasteiger partial charge on any atom is 0.325 e. The molecule has 0 spiro atoms. The smallest absolute Gasteiger partial charge is 0.325 e. The summed E-state index contributed by atoms with van der Waals surface area (Å²) < 4.78 is 5.20. The lowest BCUT2D eigenvalue weighted by molar-refractivity contribution is -0.135. The zero-order valence-corrected chi connectivity index (χ0v) is 19.4. The number of nitrogens with zero attached hydrogens (tertiary/aromatic N) is 2. The SMILES string of the molecule is NCCCCC(N)C(=O)Nc1ccc(N)c(N)n1.Nc1ccccc1OC(=O)CN1CCCC1. The molecule has 1 amide bonds. The van der Waals surface area contributed by atoms with Gasteiger partial charge in [0.05, 0.1) is 24.0 Å². The first-order chi connectivity index (χ1) is 16.3. The zero-order chi connectivity index (χ0) is 24.9. The molecule has 3 rings (SSSR count). The van der Waals surface area contributed by atoms with E-state index >= 15 is 0 Å². The van der Waals surface area contributed by atoms with Crippen molar-refractivity contribution >= 4 is 34.9 Å². The molecule has 0 radical (unpaired) electrons. The fourth-order valence-corrected chi connectivity index (χ4v) is 3.27. The quantitative estimate of drug-likeness (QED) is 0.132. The van der Waals surface area contributed by atoms with Gasteiger partial charge < -0.3 is 38.7 Å². The summed E-state index contributed by atoms with van der Waals surface area (Å²) in [5.74, 6) is 0.459. The van der Waals surface area contributed by atoms with E-state index in [9.17, 15) is 9.59 Å². The van der Waals surface area contributed by atoms with Crippen molar-refractivity contribution in [3.63, 3.8) is 0 Å². The number of carbonyl (C=O) groups is 2. The Kier molecular flexibility index (Phi) is 11.0. The highest BCUT2D eigenvalue weighted by atomic mass is 16.5. The third-order valence-corrected chi connectivity index (χ3v) is 5.21. The number of likely N-dealkylation sites (tertiary alicyclic amines) is 1. The molecular formula is C23H36N8O3. The number of hydrogen-bond acceptors (Lipinski definition) is 10. The zero-order valence-electron chi connectivity index (χ0n) is 19.4. The maximum atomic E-state index is 11.7. The van der Waals surface area contributed by atoms with Gasteiger partial charge >= 0.3 is 5.97 Å². The average Bonchev–Trinajstić information content (AvgIpc) is 3.31. The van der Waals surface area contributed by atoms with Gasteiger partial charge in [0, 0.05) is 0 Å². The number of aromatic nitrogens is 1. The monoisotopic (exact) mass is 472 g/mol. The summed E-state index contributed by atoms with van der Waals surface area (Å²) in [6.45, 7) is 2.93. The highest BCUT2D eigenvalue weighted by Gasteiger charge is 2.17. The summed E-state index contributed by atoms with van der Waals surface area (Å²) in [4.78, 5) is 29.4. The molecule has 1 atom stereocenters. The average molecular weight is 473 g/mol. The minimum Gasteiger partial charge on any atom is -0.423 e. The van der Waals surface area contributed by atoms with Crippen LogP contribution in [0.3, 0.4) is 0 Å². The Morgan fingerprint density at radius 3 is 2.38 bits per heavy atom. The van der Waals surface area contributed by atoms with E-state index in [0.29, 0.717) is 42.5 Å². The van der Waals surface area contributed by atoms with Gasteiger partial charge in [0.15, 0.2) is 5.75 Å². The predicted molar refractivity (Wildman–Crippen MR) is 135 cm³/mol. The Balaban J connectivity index is 0.000000241. The number of para-hydroxylation sites is 2. The first-order valence-corrected chi connectivity index (χ1v) is 11.4. The summed E-state index contributed by atoms with van der Waals surface area (Å²) in [6.07, 6.45) is 4.60. The second kappa shape index (κ2) is 14.0. The molecule has 1 aromatic heterocycles. The number of nitrogens with two attached hydrogens (primary N) is 5. The van der Waals surface area contributed by atoms with Crippen molar-refractivity contribution in [1.29, 1.82) is 0 Å². The Hall–Kier alpha value is -3.41. The fraction of sp³-hybridized carbons (Fsp3) is 0.435. The highest BCUT2D eigenvalue weighted by Crippen LogP contribution is 2.20. The molecule has 2 heterocycles. The van der Waals surface area contributed by atoms with E-state index in [0.717, 1.165) is 25.9 Å². The van der Waals surface area contributed by atoms with Crippen LogP contribution < -0.4 is 38.7 Å². The van der Waals surface area contributed by atoms with Gasteiger partial charge in [-0.3, -0.25) is 14.5 Å². The van der Waals surface area contributed by atoms with Crippen molar-refractivity contribution in [2.75, 3.05) is 48.7 Å². The van der Waals surface area contributed by atoms with Crippen LogP contribution in [0.2, 0.25) is 0 Å². The van der Waals surface area contributed by atoms with Crippen molar-refractivity contribution in [2.24, 2.45) is 11.5 Å². The van der Waals surface area contributed by atoms with Gasteiger partial charge in [-0.1, -0.05) is 18.6 Å². The second-order valence-corrected chi connectivity index (χ2v) is 8.05. The molecule has 1 saturated heterocycles. The van der Waals surface area contributed by atoms with Gasteiger partial charge in [-0.25, -0.2) is 4.98 Å². The Labute approximate surface area is 200 Å². The Morgan fingerprint density at radius 2 is 1.74 bits per heavy atom. The minimum atomic E-state index is -0.572.